The average Bonchev–Trinajstić information content (AvgIpc) is 2.14. The fourth-order valence-corrected chi connectivity index (χ4v) is 2.73. The Morgan fingerprint density at radius 3 is 2.69 bits per heavy atom. The van der Waals surface area contributed by atoms with Crippen LogP contribution in [0.5, 0.6) is 0 Å². The molecule has 0 radical (unpaired) electrons. The van der Waals surface area contributed by atoms with Gasteiger partial charge in [0.1, 0.15) is 0 Å². The van der Waals surface area contributed by atoms with Crippen LogP contribution in [0.25, 0.3) is 5.53 Å². The molecule has 0 amide bonds. The summed E-state index contributed by atoms with van der Waals surface area (Å²) >= 11 is 0. The molecule has 0 heterocycles. The number of ketones is 1. The number of hydrogen-bond acceptors (Lipinski definition) is 1. The predicted molar refractivity (Wildman–Crippen MR) is 64.2 cm³/mol. The minimum absolute atomic E-state index is 0.101. The molecule has 1 aliphatic carbocycles. The van der Waals surface area contributed by atoms with Gasteiger partial charge in [0.05, 0.1) is 0 Å². The zero-order valence-electron chi connectivity index (χ0n) is 10.4. The van der Waals surface area contributed by atoms with E-state index in [9.17, 15) is 4.79 Å². The lowest BCUT2D eigenvalue weighted by atomic mass is 9.59. The van der Waals surface area contributed by atoms with Crippen molar-refractivity contribution < 1.29 is 9.58 Å². The number of Topliss-reactive ketones (excluding diaryl/α,β-unsaturated/α-hetero) is 1. The third-order valence-electron chi connectivity index (χ3n) is 3.84. The summed E-state index contributed by atoms with van der Waals surface area (Å²) < 4.78 is 0. The molecule has 88 valence electrons. The van der Waals surface area contributed by atoms with Crippen LogP contribution in [0.3, 0.4) is 0 Å². The normalized spacial score (nSPS) is 28.3. The van der Waals surface area contributed by atoms with Gasteiger partial charge in [-0.1, -0.05) is 39.3 Å². The molecule has 3 nitrogen and oxygen atoms in total. The van der Waals surface area contributed by atoms with Crippen molar-refractivity contribution in [3.63, 3.8) is 0 Å². The van der Waals surface area contributed by atoms with E-state index in [0.717, 1.165) is 31.1 Å². The highest BCUT2D eigenvalue weighted by Crippen LogP contribution is 2.51. The van der Waals surface area contributed by atoms with Crippen molar-refractivity contribution in [3.05, 3.63) is 17.7 Å². The zero-order chi connectivity index (χ0) is 12.4. The van der Waals surface area contributed by atoms with Gasteiger partial charge < -0.3 is 5.53 Å². The molecule has 3 heteroatoms. The van der Waals surface area contributed by atoms with Crippen LogP contribution in [-0.4, -0.2) is 16.8 Å². The number of hydrogen-bond donors (Lipinski definition) is 0. The monoisotopic (exact) mass is 220 g/mol. The second kappa shape index (κ2) is 4.34. The maximum atomic E-state index is 11.5. The van der Waals surface area contributed by atoms with E-state index in [-0.39, 0.29) is 16.6 Å². The van der Waals surface area contributed by atoms with Crippen LogP contribution >= 0.6 is 0 Å². The van der Waals surface area contributed by atoms with Gasteiger partial charge in [-0.05, 0) is 23.7 Å². The maximum Gasteiger partial charge on any atom is 0.323 e. The van der Waals surface area contributed by atoms with Gasteiger partial charge in [-0.3, -0.25) is 4.79 Å². The smallest absolute Gasteiger partial charge is 0.323 e. The van der Waals surface area contributed by atoms with Gasteiger partial charge >= 0.3 is 6.21 Å². The van der Waals surface area contributed by atoms with Gasteiger partial charge in [-0.15, -0.1) is 0 Å². The molecule has 0 spiro atoms. The Balaban J connectivity index is 2.87. The van der Waals surface area contributed by atoms with Gasteiger partial charge in [0.15, 0.2) is 0 Å². The van der Waals surface area contributed by atoms with E-state index >= 15 is 0 Å². The van der Waals surface area contributed by atoms with Crippen molar-refractivity contribution in [1.29, 1.82) is 0 Å². The van der Waals surface area contributed by atoms with Crippen molar-refractivity contribution >= 4 is 12.0 Å². The van der Waals surface area contributed by atoms with Crippen LogP contribution in [0, 0.1) is 10.8 Å². The van der Waals surface area contributed by atoms with Crippen LogP contribution in [-0.2, 0) is 4.79 Å². The minimum Gasteiger partial charge on any atom is -0.361 e. The van der Waals surface area contributed by atoms with Crippen molar-refractivity contribution in [2.24, 2.45) is 10.8 Å². The third-order valence-corrected chi connectivity index (χ3v) is 3.84. The standard InChI is InChI=1S/C13H20N2O/c1-10-12(2,3)6-5-7-13(10,4)8-11(16)9-15-14/h9H,1,5-8H2,2-4H3. The van der Waals surface area contributed by atoms with E-state index < -0.39 is 0 Å². The van der Waals surface area contributed by atoms with E-state index in [1.54, 1.807) is 0 Å². The number of nitrogens with zero attached hydrogens (tertiary/aromatic N) is 2. The molecule has 1 fully saturated rings. The molecule has 1 rings (SSSR count). The number of carbonyl (C=O) groups excluding carboxylic acids is 1. The first-order chi connectivity index (χ1) is 7.32. The SMILES string of the molecule is C=C1C(C)(C)CCCC1(C)CC(=O)C=[N+]=[N-]. The van der Waals surface area contributed by atoms with Gasteiger partial charge in [0, 0.05) is 6.42 Å². The molecule has 1 aliphatic rings. The van der Waals surface area contributed by atoms with Crippen LogP contribution in [0.2, 0.25) is 0 Å². The molecular weight excluding hydrogens is 200 g/mol. The van der Waals surface area contributed by atoms with Crippen LogP contribution in [0.15, 0.2) is 12.2 Å². The molecule has 1 saturated carbocycles. The molecular formula is C13H20N2O. The lowest BCUT2D eigenvalue weighted by Crippen LogP contribution is -2.35. The number of rotatable bonds is 3. The lowest BCUT2D eigenvalue weighted by Gasteiger charge is -2.45. The average molecular weight is 220 g/mol. The quantitative estimate of drug-likeness (QED) is 0.312. The predicted octanol–water partition coefficient (Wildman–Crippen LogP) is 3.02. The topological polar surface area (TPSA) is 53.5 Å². The second-order valence-electron chi connectivity index (χ2n) is 5.66. The highest BCUT2D eigenvalue weighted by molar-refractivity contribution is 6.25. The summed E-state index contributed by atoms with van der Waals surface area (Å²) in [5, 5.41) is 0. The molecule has 0 saturated heterocycles. The van der Waals surface area contributed by atoms with E-state index in [1.807, 2.05) is 0 Å². The number of carbonyl (C=O) groups is 1. The van der Waals surface area contributed by atoms with Crippen molar-refractivity contribution in [2.45, 2.75) is 46.5 Å². The minimum atomic E-state index is -0.153. The molecule has 0 aliphatic heterocycles. The number of allylic oxidation sites excluding steroid dienone is 1. The van der Waals surface area contributed by atoms with Crippen molar-refractivity contribution in [2.75, 3.05) is 0 Å². The molecule has 0 aromatic heterocycles. The zero-order valence-corrected chi connectivity index (χ0v) is 10.4. The molecule has 0 aromatic rings. The Labute approximate surface area is 97.2 Å². The highest BCUT2D eigenvalue weighted by atomic mass is 16.1. The summed E-state index contributed by atoms with van der Waals surface area (Å²) in [5.74, 6) is -0.135. The van der Waals surface area contributed by atoms with Crippen LogP contribution < -0.4 is 0 Å². The van der Waals surface area contributed by atoms with Crippen LogP contribution in [0.1, 0.15) is 46.5 Å². The van der Waals surface area contributed by atoms with Crippen molar-refractivity contribution in [3.8, 4) is 0 Å². The van der Waals surface area contributed by atoms with Gasteiger partial charge in [0.25, 0.3) is 0 Å². The Morgan fingerprint density at radius 2 is 2.12 bits per heavy atom. The molecule has 16 heavy (non-hydrogen) atoms. The fraction of sp³-hybridized carbons (Fsp3) is 0.692. The van der Waals surface area contributed by atoms with E-state index in [0.29, 0.717) is 6.42 Å². The Hall–Kier alpha value is -1.21. The summed E-state index contributed by atoms with van der Waals surface area (Å²) in [6, 6.07) is 0. The fourth-order valence-electron chi connectivity index (χ4n) is 2.73. The molecule has 0 N–H and O–H groups in total. The first kappa shape index (κ1) is 12.9. The first-order valence-electron chi connectivity index (χ1n) is 5.72. The second-order valence-corrected chi connectivity index (χ2v) is 5.66. The van der Waals surface area contributed by atoms with Gasteiger partial charge in [-0.2, -0.15) is 4.79 Å². The summed E-state index contributed by atoms with van der Waals surface area (Å²) in [6.45, 7) is 10.6. The van der Waals surface area contributed by atoms with Crippen molar-refractivity contribution in [1.82, 2.24) is 0 Å². The summed E-state index contributed by atoms with van der Waals surface area (Å²) in [5.41, 5.74) is 9.44. The summed E-state index contributed by atoms with van der Waals surface area (Å²) in [7, 11) is 0. The largest absolute Gasteiger partial charge is 0.361 e. The summed E-state index contributed by atoms with van der Waals surface area (Å²) in [6.07, 6.45) is 4.61. The Kier molecular flexibility index (Phi) is 3.49. The third kappa shape index (κ3) is 2.48. The first-order valence-corrected chi connectivity index (χ1v) is 5.72. The van der Waals surface area contributed by atoms with E-state index in [1.165, 1.54) is 0 Å². The van der Waals surface area contributed by atoms with Gasteiger partial charge in [0.2, 0.25) is 5.78 Å². The molecule has 1 atom stereocenters. The van der Waals surface area contributed by atoms with Gasteiger partial charge in [-0.25, -0.2) is 0 Å². The van der Waals surface area contributed by atoms with Crippen LogP contribution in [0.4, 0.5) is 0 Å². The molecule has 0 aromatic carbocycles. The van der Waals surface area contributed by atoms with E-state index in [2.05, 4.69) is 32.1 Å². The lowest BCUT2D eigenvalue weighted by molar-refractivity contribution is -0.118. The Bertz CT molecular complexity index is 364. The Morgan fingerprint density at radius 1 is 1.50 bits per heavy atom. The molecule has 1 unspecified atom stereocenters. The maximum absolute atomic E-state index is 11.5. The highest BCUT2D eigenvalue weighted by Gasteiger charge is 2.41. The molecule has 0 bridgehead atoms. The van der Waals surface area contributed by atoms with E-state index in [4.69, 9.17) is 5.53 Å². The summed E-state index contributed by atoms with van der Waals surface area (Å²) in [4.78, 5) is 14.3.